The van der Waals surface area contributed by atoms with Crippen LogP contribution >= 0.6 is 0 Å². The van der Waals surface area contributed by atoms with Crippen molar-refractivity contribution in [1.82, 2.24) is 14.9 Å². The van der Waals surface area contributed by atoms with Crippen molar-refractivity contribution in [2.45, 2.75) is 25.3 Å². The first-order valence-electron chi connectivity index (χ1n) is 10.6. The number of anilines is 2. The van der Waals surface area contributed by atoms with Gasteiger partial charge >= 0.3 is 0 Å². The minimum absolute atomic E-state index is 0.0177. The van der Waals surface area contributed by atoms with E-state index in [9.17, 15) is 9.18 Å². The maximum Gasteiger partial charge on any atom is 0.227 e. The normalized spacial score (nSPS) is 19.1. The molecule has 2 aliphatic heterocycles. The summed E-state index contributed by atoms with van der Waals surface area (Å²) in [6.45, 7) is 3.39. The SMILES string of the molecule is CNc1cc([C@@H]2CC(=O)N(c3ccc(F)cc3)C2)nc(CN(C)CC2=CCCOC2)n1. The number of nitrogens with one attached hydrogen (secondary N) is 1. The molecule has 8 heteroatoms. The number of carbonyl (C=O) groups is 1. The number of nitrogens with zero attached hydrogens (tertiary/aromatic N) is 4. The van der Waals surface area contributed by atoms with E-state index in [4.69, 9.17) is 9.72 Å². The van der Waals surface area contributed by atoms with Crippen LogP contribution in [0.15, 0.2) is 42.0 Å². The highest BCUT2D eigenvalue weighted by Gasteiger charge is 2.33. The Morgan fingerprint density at radius 1 is 1.26 bits per heavy atom. The Morgan fingerprint density at radius 3 is 2.77 bits per heavy atom. The molecule has 0 bridgehead atoms. The van der Waals surface area contributed by atoms with E-state index in [-0.39, 0.29) is 17.6 Å². The molecule has 3 heterocycles. The fourth-order valence-corrected chi connectivity index (χ4v) is 4.06. The molecule has 4 rings (SSSR count). The van der Waals surface area contributed by atoms with Crippen LogP contribution in [0.5, 0.6) is 0 Å². The van der Waals surface area contributed by atoms with E-state index >= 15 is 0 Å². The van der Waals surface area contributed by atoms with Gasteiger partial charge in [-0.05, 0) is 43.3 Å². The number of ether oxygens (including phenoxy) is 1. The third-order valence-corrected chi connectivity index (χ3v) is 5.60. The van der Waals surface area contributed by atoms with Gasteiger partial charge in [0.2, 0.25) is 5.91 Å². The first-order valence-corrected chi connectivity index (χ1v) is 10.6. The third-order valence-electron chi connectivity index (χ3n) is 5.60. The zero-order valence-corrected chi connectivity index (χ0v) is 18.0. The zero-order chi connectivity index (χ0) is 21.8. The number of hydrogen-bond donors (Lipinski definition) is 1. The Hall–Kier alpha value is -2.84. The number of hydrogen-bond acceptors (Lipinski definition) is 6. The lowest BCUT2D eigenvalue weighted by Crippen LogP contribution is -2.25. The van der Waals surface area contributed by atoms with Gasteiger partial charge in [-0.25, -0.2) is 14.4 Å². The van der Waals surface area contributed by atoms with Crippen molar-refractivity contribution in [2.24, 2.45) is 0 Å². The molecule has 2 aromatic rings. The lowest BCUT2D eigenvalue weighted by molar-refractivity contribution is -0.117. The molecule has 1 fully saturated rings. The van der Waals surface area contributed by atoms with Gasteiger partial charge in [-0.1, -0.05) is 6.08 Å². The Labute approximate surface area is 181 Å². The quantitative estimate of drug-likeness (QED) is 0.688. The molecule has 0 spiro atoms. The van der Waals surface area contributed by atoms with E-state index in [1.54, 1.807) is 17.0 Å². The molecule has 0 saturated carbocycles. The molecular formula is C23H28FN5O2. The topological polar surface area (TPSA) is 70.6 Å². The van der Waals surface area contributed by atoms with Crippen LogP contribution in [0.25, 0.3) is 0 Å². The number of likely N-dealkylation sites (N-methyl/N-ethyl adjacent to an activating group) is 1. The van der Waals surface area contributed by atoms with Gasteiger partial charge in [-0.2, -0.15) is 0 Å². The van der Waals surface area contributed by atoms with E-state index in [1.807, 2.05) is 20.2 Å². The van der Waals surface area contributed by atoms with Crippen LogP contribution in [0, 0.1) is 5.82 Å². The summed E-state index contributed by atoms with van der Waals surface area (Å²) in [7, 11) is 3.87. The van der Waals surface area contributed by atoms with Crippen LogP contribution in [0.3, 0.4) is 0 Å². The van der Waals surface area contributed by atoms with Gasteiger partial charge in [0.1, 0.15) is 17.5 Å². The summed E-state index contributed by atoms with van der Waals surface area (Å²) in [4.78, 5) is 25.9. The maximum atomic E-state index is 13.3. The Balaban J connectivity index is 1.48. The van der Waals surface area contributed by atoms with Crippen LogP contribution in [0.4, 0.5) is 15.9 Å². The van der Waals surface area contributed by atoms with Crippen LogP contribution in [0.2, 0.25) is 0 Å². The van der Waals surface area contributed by atoms with E-state index < -0.39 is 0 Å². The fourth-order valence-electron chi connectivity index (χ4n) is 4.06. The predicted octanol–water partition coefficient (Wildman–Crippen LogP) is 2.96. The molecule has 1 saturated heterocycles. The van der Waals surface area contributed by atoms with E-state index in [0.29, 0.717) is 37.6 Å². The van der Waals surface area contributed by atoms with Crippen molar-refractivity contribution < 1.29 is 13.9 Å². The fraction of sp³-hybridized carbons (Fsp3) is 0.435. The van der Waals surface area contributed by atoms with Crippen molar-refractivity contribution in [1.29, 1.82) is 0 Å². The van der Waals surface area contributed by atoms with Crippen molar-refractivity contribution in [3.05, 3.63) is 59.3 Å². The standard InChI is InChI=1S/C23H28FN5O2/c1-25-21-11-20(17-10-23(30)29(13-17)19-7-5-18(24)6-8-19)26-22(27-21)14-28(2)12-16-4-3-9-31-15-16/h4-8,11,17H,3,9-10,12-15H2,1-2H3,(H,25,26,27)/t17-/m1/s1. The van der Waals surface area contributed by atoms with Crippen molar-refractivity contribution in [3.63, 3.8) is 0 Å². The molecule has 0 unspecified atom stereocenters. The zero-order valence-electron chi connectivity index (χ0n) is 18.0. The van der Waals surface area contributed by atoms with Crippen LogP contribution in [-0.4, -0.2) is 61.2 Å². The summed E-state index contributed by atoms with van der Waals surface area (Å²) in [5, 5.41) is 3.10. The summed E-state index contributed by atoms with van der Waals surface area (Å²) < 4.78 is 18.8. The van der Waals surface area contributed by atoms with Gasteiger partial charge in [0, 0.05) is 44.2 Å². The number of amides is 1. The summed E-state index contributed by atoms with van der Waals surface area (Å²) in [6.07, 6.45) is 3.57. The number of rotatable bonds is 7. The second-order valence-corrected chi connectivity index (χ2v) is 8.10. The Kier molecular flexibility index (Phi) is 6.58. The van der Waals surface area contributed by atoms with Gasteiger partial charge in [0.15, 0.2) is 0 Å². The third kappa shape index (κ3) is 5.26. The van der Waals surface area contributed by atoms with Crippen LogP contribution in [-0.2, 0) is 16.1 Å². The monoisotopic (exact) mass is 425 g/mol. The van der Waals surface area contributed by atoms with E-state index in [1.165, 1.54) is 17.7 Å². The van der Waals surface area contributed by atoms with Crippen LogP contribution in [0.1, 0.15) is 30.3 Å². The second-order valence-electron chi connectivity index (χ2n) is 8.10. The molecule has 7 nitrogen and oxygen atoms in total. The van der Waals surface area contributed by atoms with E-state index in [2.05, 4.69) is 21.3 Å². The minimum atomic E-state index is -0.314. The molecule has 31 heavy (non-hydrogen) atoms. The summed E-state index contributed by atoms with van der Waals surface area (Å²) >= 11 is 0. The summed E-state index contributed by atoms with van der Waals surface area (Å²) in [6, 6.07) is 7.94. The lowest BCUT2D eigenvalue weighted by atomic mass is 10.0. The molecule has 1 N–H and O–H groups in total. The average molecular weight is 426 g/mol. The van der Waals surface area contributed by atoms with Crippen molar-refractivity contribution >= 4 is 17.4 Å². The molecule has 2 aliphatic rings. The first-order chi connectivity index (χ1) is 15.0. The number of halogens is 1. The molecule has 1 aromatic carbocycles. The van der Waals surface area contributed by atoms with Gasteiger partial charge in [0.25, 0.3) is 0 Å². The minimum Gasteiger partial charge on any atom is -0.377 e. The second kappa shape index (κ2) is 9.53. The van der Waals surface area contributed by atoms with Crippen molar-refractivity contribution in [2.75, 3.05) is 50.6 Å². The molecule has 164 valence electrons. The van der Waals surface area contributed by atoms with E-state index in [0.717, 1.165) is 31.1 Å². The average Bonchev–Trinajstić information content (AvgIpc) is 3.16. The number of benzene rings is 1. The molecular weight excluding hydrogens is 397 g/mol. The summed E-state index contributed by atoms with van der Waals surface area (Å²) in [5.74, 6) is 1.12. The van der Waals surface area contributed by atoms with Gasteiger partial charge in [-0.15, -0.1) is 0 Å². The van der Waals surface area contributed by atoms with Gasteiger partial charge in [0.05, 0.1) is 25.5 Å². The van der Waals surface area contributed by atoms with Crippen molar-refractivity contribution in [3.8, 4) is 0 Å². The molecule has 1 amide bonds. The number of carbonyl (C=O) groups excluding carboxylic acids is 1. The largest absolute Gasteiger partial charge is 0.377 e. The Morgan fingerprint density at radius 2 is 2.06 bits per heavy atom. The lowest BCUT2D eigenvalue weighted by Gasteiger charge is -2.21. The highest BCUT2D eigenvalue weighted by Crippen LogP contribution is 2.32. The van der Waals surface area contributed by atoms with Gasteiger partial charge < -0.3 is 15.0 Å². The molecule has 0 aliphatic carbocycles. The Bertz CT molecular complexity index is 963. The number of aromatic nitrogens is 2. The van der Waals surface area contributed by atoms with Gasteiger partial charge in [-0.3, -0.25) is 9.69 Å². The molecule has 1 atom stereocenters. The highest BCUT2D eigenvalue weighted by molar-refractivity contribution is 5.96. The molecule has 1 aromatic heterocycles. The molecule has 0 radical (unpaired) electrons. The predicted molar refractivity (Wildman–Crippen MR) is 118 cm³/mol. The smallest absolute Gasteiger partial charge is 0.227 e. The van der Waals surface area contributed by atoms with Crippen LogP contribution < -0.4 is 10.2 Å². The summed E-state index contributed by atoms with van der Waals surface area (Å²) in [5.41, 5.74) is 2.83. The maximum absolute atomic E-state index is 13.3. The highest BCUT2D eigenvalue weighted by atomic mass is 19.1. The first kappa shape index (κ1) is 21.4.